The minimum absolute atomic E-state index is 0.394. The van der Waals surface area contributed by atoms with Crippen molar-refractivity contribution in [2.24, 2.45) is 11.3 Å². The van der Waals surface area contributed by atoms with E-state index in [-0.39, 0.29) is 0 Å². The summed E-state index contributed by atoms with van der Waals surface area (Å²) in [6.45, 7) is 24.7. The molecule has 0 aliphatic carbocycles. The molecule has 0 bridgehead atoms. The molecule has 1 heteroatoms. The van der Waals surface area contributed by atoms with Crippen molar-refractivity contribution >= 4 is 0 Å². The van der Waals surface area contributed by atoms with E-state index < -0.39 is 0 Å². The molecule has 1 aliphatic rings. The average Bonchev–Trinajstić information content (AvgIpc) is 2.16. The van der Waals surface area contributed by atoms with Crippen molar-refractivity contribution < 1.29 is 0 Å². The minimum Gasteiger partial charge on any atom is -0.298 e. The molecule has 1 rings (SSSR count). The zero-order valence-corrected chi connectivity index (χ0v) is 14.1. The first-order valence-corrected chi connectivity index (χ1v) is 7.46. The van der Waals surface area contributed by atoms with Gasteiger partial charge in [0.15, 0.2) is 0 Å². The summed E-state index contributed by atoms with van der Waals surface area (Å²) in [4.78, 5) is 2.61. The van der Waals surface area contributed by atoms with Crippen LogP contribution in [0.5, 0.6) is 0 Å². The molecular formula is C16H37N. The van der Waals surface area contributed by atoms with Gasteiger partial charge in [-0.2, -0.15) is 0 Å². The Morgan fingerprint density at radius 2 is 1.24 bits per heavy atom. The molecule has 0 saturated carbocycles. The van der Waals surface area contributed by atoms with Crippen molar-refractivity contribution in [2.45, 2.75) is 81.2 Å². The van der Waals surface area contributed by atoms with Crippen LogP contribution in [0.25, 0.3) is 0 Å². The number of rotatable bonds is 2. The van der Waals surface area contributed by atoms with Crippen LogP contribution in [0, 0.1) is 11.3 Å². The molecule has 0 radical (unpaired) electrons. The topological polar surface area (TPSA) is 3.24 Å². The summed E-state index contributed by atoms with van der Waals surface area (Å²) in [6, 6.07) is 0. The van der Waals surface area contributed by atoms with E-state index >= 15 is 0 Å². The summed E-state index contributed by atoms with van der Waals surface area (Å²) >= 11 is 0. The SMILES string of the molecule is CC.CC.CC1CN(C(C)(C)CC(C)(C)C)C1. The maximum atomic E-state index is 2.61. The zero-order chi connectivity index (χ0) is 14.3. The van der Waals surface area contributed by atoms with Crippen LogP contribution in [-0.4, -0.2) is 23.5 Å². The van der Waals surface area contributed by atoms with Gasteiger partial charge in [-0.05, 0) is 31.6 Å². The number of nitrogens with zero attached hydrogens (tertiary/aromatic N) is 1. The Balaban J connectivity index is 0. The molecule has 1 saturated heterocycles. The first-order chi connectivity index (χ1) is 7.71. The van der Waals surface area contributed by atoms with Gasteiger partial charge < -0.3 is 0 Å². The summed E-state index contributed by atoms with van der Waals surface area (Å²) in [5.41, 5.74) is 0.840. The van der Waals surface area contributed by atoms with E-state index in [9.17, 15) is 0 Å². The summed E-state index contributed by atoms with van der Waals surface area (Å²) in [7, 11) is 0. The summed E-state index contributed by atoms with van der Waals surface area (Å²) < 4.78 is 0. The molecule has 0 spiro atoms. The summed E-state index contributed by atoms with van der Waals surface area (Å²) in [5, 5.41) is 0. The first kappa shape index (κ1) is 19.3. The van der Waals surface area contributed by atoms with Gasteiger partial charge >= 0.3 is 0 Å². The number of hydrogen-bond donors (Lipinski definition) is 0. The molecule has 1 fully saturated rings. The first-order valence-electron chi connectivity index (χ1n) is 7.46. The standard InChI is InChI=1S/C12H25N.2C2H6/c1-10-7-13(8-10)12(5,6)9-11(2,3)4;2*1-2/h10H,7-9H2,1-6H3;2*1-2H3. The Morgan fingerprint density at radius 3 is 1.47 bits per heavy atom. The lowest BCUT2D eigenvalue weighted by Crippen LogP contribution is -2.57. The molecule has 0 aromatic carbocycles. The van der Waals surface area contributed by atoms with Crippen molar-refractivity contribution in [1.82, 2.24) is 4.90 Å². The Kier molecular flexibility index (Phi) is 9.23. The fourth-order valence-corrected chi connectivity index (χ4v) is 2.60. The highest BCUT2D eigenvalue weighted by Crippen LogP contribution is 2.34. The van der Waals surface area contributed by atoms with Crippen LogP contribution in [0.2, 0.25) is 0 Å². The van der Waals surface area contributed by atoms with Gasteiger partial charge in [0.25, 0.3) is 0 Å². The third-order valence-electron chi connectivity index (χ3n) is 2.88. The predicted octanol–water partition coefficient (Wildman–Crippen LogP) is 5.21. The molecule has 0 atom stereocenters. The maximum Gasteiger partial charge on any atom is 0.0158 e. The van der Waals surface area contributed by atoms with Gasteiger partial charge in [-0.25, -0.2) is 0 Å². The van der Waals surface area contributed by atoms with Gasteiger partial charge in [0.05, 0.1) is 0 Å². The van der Waals surface area contributed by atoms with Crippen LogP contribution in [-0.2, 0) is 0 Å². The van der Waals surface area contributed by atoms with Crippen molar-refractivity contribution in [3.8, 4) is 0 Å². The second kappa shape index (κ2) is 8.13. The molecule has 0 unspecified atom stereocenters. The van der Waals surface area contributed by atoms with E-state index in [0.29, 0.717) is 11.0 Å². The zero-order valence-electron chi connectivity index (χ0n) is 14.1. The molecule has 0 aromatic rings. The Bertz CT molecular complexity index is 170. The smallest absolute Gasteiger partial charge is 0.0158 e. The molecule has 106 valence electrons. The van der Waals surface area contributed by atoms with Crippen LogP contribution in [0.1, 0.15) is 75.7 Å². The van der Waals surface area contributed by atoms with Crippen molar-refractivity contribution in [3.63, 3.8) is 0 Å². The molecule has 17 heavy (non-hydrogen) atoms. The van der Waals surface area contributed by atoms with Gasteiger partial charge in [0.1, 0.15) is 0 Å². The second-order valence-corrected chi connectivity index (χ2v) is 6.56. The highest BCUT2D eigenvalue weighted by atomic mass is 15.2. The number of likely N-dealkylation sites (tertiary alicyclic amines) is 1. The molecule has 0 aromatic heterocycles. The van der Waals surface area contributed by atoms with Crippen LogP contribution in [0.4, 0.5) is 0 Å². The maximum absolute atomic E-state index is 2.61. The highest BCUT2D eigenvalue weighted by molar-refractivity contribution is 4.92. The van der Waals surface area contributed by atoms with Gasteiger partial charge in [0.2, 0.25) is 0 Å². The monoisotopic (exact) mass is 243 g/mol. The van der Waals surface area contributed by atoms with Gasteiger partial charge in [0, 0.05) is 18.6 Å². The van der Waals surface area contributed by atoms with Crippen LogP contribution in [0.3, 0.4) is 0 Å². The van der Waals surface area contributed by atoms with Crippen LogP contribution < -0.4 is 0 Å². The van der Waals surface area contributed by atoms with Gasteiger partial charge in [-0.15, -0.1) is 0 Å². The second-order valence-electron chi connectivity index (χ2n) is 6.56. The van der Waals surface area contributed by atoms with Crippen molar-refractivity contribution in [2.75, 3.05) is 13.1 Å². The third kappa shape index (κ3) is 7.81. The van der Waals surface area contributed by atoms with E-state index in [1.165, 1.54) is 19.5 Å². The van der Waals surface area contributed by atoms with Crippen molar-refractivity contribution in [1.29, 1.82) is 0 Å². The average molecular weight is 243 g/mol. The summed E-state index contributed by atoms with van der Waals surface area (Å²) in [5.74, 6) is 0.916. The van der Waals surface area contributed by atoms with Gasteiger partial charge in [-0.3, -0.25) is 4.90 Å². The van der Waals surface area contributed by atoms with E-state index in [4.69, 9.17) is 0 Å². The minimum atomic E-state index is 0.394. The third-order valence-corrected chi connectivity index (χ3v) is 2.88. The Hall–Kier alpha value is -0.0400. The quantitative estimate of drug-likeness (QED) is 0.644. The fraction of sp³-hybridized carbons (Fsp3) is 1.00. The molecule has 1 aliphatic heterocycles. The molecule has 0 amide bonds. The van der Waals surface area contributed by atoms with E-state index in [2.05, 4.69) is 46.4 Å². The lowest BCUT2D eigenvalue weighted by Gasteiger charge is -2.50. The molecular weight excluding hydrogens is 206 g/mol. The van der Waals surface area contributed by atoms with Crippen molar-refractivity contribution in [3.05, 3.63) is 0 Å². The lowest BCUT2D eigenvalue weighted by molar-refractivity contribution is -0.0105. The normalized spacial score (nSPS) is 17.3. The number of hydrogen-bond acceptors (Lipinski definition) is 1. The van der Waals surface area contributed by atoms with E-state index in [0.717, 1.165) is 5.92 Å². The highest BCUT2D eigenvalue weighted by Gasteiger charge is 2.37. The van der Waals surface area contributed by atoms with E-state index in [1.54, 1.807) is 0 Å². The van der Waals surface area contributed by atoms with Crippen LogP contribution in [0.15, 0.2) is 0 Å². The van der Waals surface area contributed by atoms with Gasteiger partial charge in [-0.1, -0.05) is 55.4 Å². The van der Waals surface area contributed by atoms with Crippen LogP contribution >= 0.6 is 0 Å². The fourth-order valence-electron chi connectivity index (χ4n) is 2.60. The van der Waals surface area contributed by atoms with E-state index in [1.807, 2.05) is 27.7 Å². The molecule has 1 nitrogen and oxygen atoms in total. The Labute approximate surface area is 111 Å². The largest absolute Gasteiger partial charge is 0.298 e. The predicted molar refractivity (Wildman–Crippen MR) is 81.6 cm³/mol. The Morgan fingerprint density at radius 1 is 0.882 bits per heavy atom. The molecule has 1 heterocycles. The lowest BCUT2D eigenvalue weighted by atomic mass is 9.78. The summed E-state index contributed by atoms with van der Waals surface area (Å²) in [6.07, 6.45) is 1.28. The molecule has 0 N–H and O–H groups in total.